The van der Waals surface area contributed by atoms with Crippen LogP contribution in [0.3, 0.4) is 0 Å². The Kier molecular flexibility index (Phi) is 7.70. The molecule has 0 aromatic heterocycles. The van der Waals surface area contributed by atoms with Crippen LogP contribution in [0.1, 0.15) is 12.8 Å². The minimum Gasteiger partial charge on any atom is -0.383 e. The number of amides is 1. The smallest absolute Gasteiger partial charge is 0.232 e. The fourth-order valence-electron chi connectivity index (χ4n) is 2.45. The summed E-state index contributed by atoms with van der Waals surface area (Å²) in [5.41, 5.74) is 0. The maximum absolute atomic E-state index is 11.7. The lowest BCUT2D eigenvalue weighted by atomic mass is 9.97. The van der Waals surface area contributed by atoms with Crippen LogP contribution in [0, 0.1) is 5.92 Å². The lowest BCUT2D eigenvalue weighted by Gasteiger charge is -2.34. The molecule has 0 N–H and O–H groups in total. The van der Waals surface area contributed by atoms with Crippen LogP contribution < -0.4 is 0 Å². The van der Waals surface area contributed by atoms with Gasteiger partial charge in [0.2, 0.25) is 5.91 Å². The van der Waals surface area contributed by atoms with E-state index in [9.17, 15) is 4.79 Å². The van der Waals surface area contributed by atoms with Crippen LogP contribution in [-0.4, -0.2) is 74.7 Å². The molecule has 1 amide bonds. The molecule has 1 heterocycles. The van der Waals surface area contributed by atoms with E-state index < -0.39 is 0 Å². The number of ether oxygens (including phenoxy) is 1. The molecule has 1 atom stereocenters. The highest BCUT2D eigenvalue weighted by Crippen LogP contribution is 2.17. The van der Waals surface area contributed by atoms with Crippen molar-refractivity contribution in [3.63, 3.8) is 0 Å². The van der Waals surface area contributed by atoms with Gasteiger partial charge in [-0.05, 0) is 31.6 Å². The van der Waals surface area contributed by atoms with Crippen LogP contribution >= 0.6 is 11.8 Å². The molecule has 1 aliphatic rings. The van der Waals surface area contributed by atoms with Gasteiger partial charge in [0.25, 0.3) is 0 Å². The number of rotatable bonds is 7. The minimum atomic E-state index is 0.247. The standard InChI is InChI=1S/C13H26N2O2S/c1-14(13(16)11-18-3)9-12-5-4-6-15(10-12)7-8-17-2/h12H,4-11H2,1-3H3/t12-/m1/s1. The summed E-state index contributed by atoms with van der Waals surface area (Å²) in [6.45, 7) is 4.97. The lowest BCUT2D eigenvalue weighted by Crippen LogP contribution is -2.43. The molecular formula is C13H26N2O2S. The van der Waals surface area contributed by atoms with Gasteiger partial charge in [-0.15, -0.1) is 0 Å². The zero-order chi connectivity index (χ0) is 13.4. The third kappa shape index (κ3) is 5.59. The first-order valence-electron chi connectivity index (χ1n) is 6.61. The predicted octanol–water partition coefficient (Wildman–Crippen LogP) is 1.17. The molecule has 0 aromatic carbocycles. The van der Waals surface area contributed by atoms with Crippen LogP contribution in [0.25, 0.3) is 0 Å². The van der Waals surface area contributed by atoms with Gasteiger partial charge in [-0.2, -0.15) is 11.8 Å². The second-order valence-corrected chi connectivity index (χ2v) is 5.87. The maximum atomic E-state index is 11.7. The van der Waals surface area contributed by atoms with Crippen LogP contribution in [0.2, 0.25) is 0 Å². The first kappa shape index (κ1) is 15.8. The molecule has 106 valence electrons. The number of likely N-dealkylation sites (tertiary alicyclic amines) is 1. The van der Waals surface area contributed by atoms with Crippen molar-refractivity contribution in [3.05, 3.63) is 0 Å². The highest BCUT2D eigenvalue weighted by molar-refractivity contribution is 7.99. The van der Waals surface area contributed by atoms with Gasteiger partial charge in [-0.1, -0.05) is 0 Å². The lowest BCUT2D eigenvalue weighted by molar-refractivity contribution is -0.127. The van der Waals surface area contributed by atoms with Crippen molar-refractivity contribution >= 4 is 17.7 Å². The SMILES string of the molecule is COCCN1CCC[C@H](CN(C)C(=O)CSC)C1. The van der Waals surface area contributed by atoms with E-state index in [-0.39, 0.29) is 5.91 Å². The van der Waals surface area contributed by atoms with E-state index in [1.54, 1.807) is 18.9 Å². The number of hydrogen-bond donors (Lipinski definition) is 0. The van der Waals surface area contributed by atoms with E-state index in [0.717, 1.165) is 26.2 Å². The Labute approximate surface area is 115 Å². The Hall–Kier alpha value is -0.260. The molecule has 1 aliphatic heterocycles. The quantitative estimate of drug-likeness (QED) is 0.697. The molecule has 0 bridgehead atoms. The summed E-state index contributed by atoms with van der Waals surface area (Å²) >= 11 is 1.59. The summed E-state index contributed by atoms with van der Waals surface area (Å²) in [6, 6.07) is 0. The number of hydrogen-bond acceptors (Lipinski definition) is 4. The monoisotopic (exact) mass is 274 g/mol. The van der Waals surface area contributed by atoms with Gasteiger partial charge in [0.05, 0.1) is 12.4 Å². The van der Waals surface area contributed by atoms with Crippen molar-refractivity contribution in [1.82, 2.24) is 9.80 Å². The summed E-state index contributed by atoms with van der Waals surface area (Å²) in [4.78, 5) is 16.1. The van der Waals surface area contributed by atoms with Crippen molar-refractivity contribution in [2.24, 2.45) is 5.92 Å². The van der Waals surface area contributed by atoms with Crippen LogP contribution in [0.5, 0.6) is 0 Å². The zero-order valence-electron chi connectivity index (χ0n) is 11.9. The Morgan fingerprint density at radius 2 is 2.33 bits per heavy atom. The molecule has 0 aromatic rings. The van der Waals surface area contributed by atoms with Gasteiger partial charge in [-0.25, -0.2) is 0 Å². The van der Waals surface area contributed by atoms with Crippen molar-refractivity contribution in [1.29, 1.82) is 0 Å². The largest absolute Gasteiger partial charge is 0.383 e. The fourth-order valence-corrected chi connectivity index (χ4v) is 2.91. The topological polar surface area (TPSA) is 32.8 Å². The third-order valence-corrected chi connectivity index (χ3v) is 3.98. The molecule has 18 heavy (non-hydrogen) atoms. The normalized spacial score (nSPS) is 20.9. The average Bonchev–Trinajstić information content (AvgIpc) is 2.37. The second-order valence-electron chi connectivity index (χ2n) is 5.01. The summed E-state index contributed by atoms with van der Waals surface area (Å²) in [5, 5.41) is 0. The van der Waals surface area contributed by atoms with E-state index in [1.165, 1.54) is 19.4 Å². The van der Waals surface area contributed by atoms with Crippen LogP contribution in [0.4, 0.5) is 0 Å². The van der Waals surface area contributed by atoms with E-state index in [4.69, 9.17) is 4.74 Å². The van der Waals surface area contributed by atoms with Crippen molar-refractivity contribution in [2.75, 3.05) is 59.0 Å². The van der Waals surface area contributed by atoms with E-state index in [2.05, 4.69) is 4.90 Å². The van der Waals surface area contributed by atoms with Crippen LogP contribution in [-0.2, 0) is 9.53 Å². The highest BCUT2D eigenvalue weighted by Gasteiger charge is 2.22. The molecule has 0 unspecified atom stereocenters. The third-order valence-electron chi connectivity index (χ3n) is 3.44. The zero-order valence-corrected chi connectivity index (χ0v) is 12.7. The predicted molar refractivity (Wildman–Crippen MR) is 77.1 cm³/mol. The second kappa shape index (κ2) is 8.77. The minimum absolute atomic E-state index is 0.247. The Balaban J connectivity index is 2.30. The Bertz CT molecular complexity index is 251. The number of piperidine rings is 1. The average molecular weight is 274 g/mol. The molecule has 0 aliphatic carbocycles. The summed E-state index contributed by atoms with van der Waals surface area (Å²) in [5.74, 6) is 1.46. The van der Waals surface area contributed by atoms with E-state index >= 15 is 0 Å². The number of carbonyl (C=O) groups excluding carboxylic acids is 1. The highest BCUT2D eigenvalue weighted by atomic mass is 32.2. The maximum Gasteiger partial charge on any atom is 0.232 e. The summed E-state index contributed by atoms with van der Waals surface area (Å²) < 4.78 is 5.12. The van der Waals surface area contributed by atoms with Gasteiger partial charge in [0, 0.05) is 33.8 Å². The summed E-state index contributed by atoms with van der Waals surface area (Å²) in [6.07, 6.45) is 4.44. The number of thioether (sulfide) groups is 1. The van der Waals surface area contributed by atoms with Crippen molar-refractivity contribution in [2.45, 2.75) is 12.8 Å². The molecule has 1 rings (SSSR count). The van der Waals surface area contributed by atoms with Gasteiger partial charge in [0.1, 0.15) is 0 Å². The van der Waals surface area contributed by atoms with Gasteiger partial charge >= 0.3 is 0 Å². The van der Waals surface area contributed by atoms with E-state index in [0.29, 0.717) is 11.7 Å². The fraction of sp³-hybridized carbons (Fsp3) is 0.923. The number of methoxy groups -OCH3 is 1. The first-order chi connectivity index (χ1) is 8.67. The first-order valence-corrected chi connectivity index (χ1v) is 8.01. The molecule has 1 fully saturated rings. The molecule has 5 heteroatoms. The molecule has 0 saturated carbocycles. The van der Waals surface area contributed by atoms with Gasteiger partial charge in [-0.3, -0.25) is 4.79 Å². The van der Waals surface area contributed by atoms with E-state index in [1.807, 2.05) is 18.2 Å². The number of nitrogens with zero attached hydrogens (tertiary/aromatic N) is 2. The Morgan fingerprint density at radius 3 is 3.00 bits per heavy atom. The molecule has 4 nitrogen and oxygen atoms in total. The summed E-state index contributed by atoms with van der Waals surface area (Å²) in [7, 11) is 3.67. The molecule has 1 saturated heterocycles. The van der Waals surface area contributed by atoms with Gasteiger partial charge in [0.15, 0.2) is 0 Å². The Morgan fingerprint density at radius 1 is 1.56 bits per heavy atom. The van der Waals surface area contributed by atoms with Crippen LogP contribution in [0.15, 0.2) is 0 Å². The molecular weight excluding hydrogens is 248 g/mol. The van der Waals surface area contributed by atoms with Crippen molar-refractivity contribution in [3.8, 4) is 0 Å². The number of carbonyl (C=O) groups is 1. The van der Waals surface area contributed by atoms with Gasteiger partial charge < -0.3 is 14.5 Å². The molecule has 0 spiro atoms. The van der Waals surface area contributed by atoms with Crippen molar-refractivity contribution < 1.29 is 9.53 Å². The molecule has 0 radical (unpaired) electrons.